The van der Waals surface area contributed by atoms with Crippen molar-refractivity contribution in [1.82, 2.24) is 5.32 Å². The summed E-state index contributed by atoms with van der Waals surface area (Å²) < 4.78 is 18.4. The molecule has 222 valence electrons. The van der Waals surface area contributed by atoms with Crippen molar-refractivity contribution in [3.63, 3.8) is 0 Å². The van der Waals surface area contributed by atoms with Crippen LogP contribution in [0, 0.1) is 0 Å². The third kappa shape index (κ3) is 7.27. The van der Waals surface area contributed by atoms with Crippen LogP contribution in [0.15, 0.2) is 113 Å². The predicted octanol–water partition coefficient (Wildman–Crippen LogP) is 6.08. The quantitative estimate of drug-likeness (QED) is 0.173. The number of carbonyl (C=O) groups excluding carboxylic acids is 1. The summed E-state index contributed by atoms with van der Waals surface area (Å²) in [6.07, 6.45) is 0.882. The van der Waals surface area contributed by atoms with E-state index in [1.165, 1.54) is 0 Å². The van der Waals surface area contributed by atoms with Crippen molar-refractivity contribution in [3.8, 4) is 11.5 Å². The van der Waals surface area contributed by atoms with Gasteiger partial charge in [0, 0.05) is 41.6 Å². The Balaban J connectivity index is 1.49. The molecule has 8 heteroatoms. The third-order valence-corrected chi connectivity index (χ3v) is 8.11. The molecule has 0 saturated heterocycles. The number of amides is 1. The average Bonchev–Trinajstić information content (AvgIpc) is 3.42. The van der Waals surface area contributed by atoms with E-state index in [4.69, 9.17) is 24.3 Å². The van der Waals surface area contributed by atoms with Gasteiger partial charge in [-0.15, -0.1) is 0 Å². The van der Waals surface area contributed by atoms with Gasteiger partial charge in [0.2, 0.25) is 5.90 Å². The van der Waals surface area contributed by atoms with Crippen molar-refractivity contribution in [1.29, 1.82) is 0 Å². The Labute approximate surface area is 260 Å². The molecular weight excluding hydrogens is 608 g/mol. The number of ether oxygens (including phenoxy) is 3. The molecule has 0 saturated carbocycles. The van der Waals surface area contributed by atoms with Crippen LogP contribution in [-0.4, -0.2) is 49.3 Å². The molecule has 4 aromatic rings. The lowest BCUT2D eigenvalue weighted by Gasteiger charge is -2.31. The van der Waals surface area contributed by atoms with Crippen molar-refractivity contribution >= 4 is 27.7 Å². The summed E-state index contributed by atoms with van der Waals surface area (Å²) in [6.45, 7) is 0.939. The highest BCUT2D eigenvalue weighted by Gasteiger charge is 2.53. The lowest BCUT2D eigenvalue weighted by molar-refractivity contribution is -0.128. The molecule has 0 aromatic heterocycles. The van der Waals surface area contributed by atoms with Gasteiger partial charge in [-0.25, -0.2) is 4.99 Å². The zero-order valence-corrected chi connectivity index (χ0v) is 25.6. The van der Waals surface area contributed by atoms with Gasteiger partial charge in [-0.2, -0.15) is 0 Å². The van der Waals surface area contributed by atoms with E-state index in [9.17, 15) is 4.79 Å². The van der Waals surface area contributed by atoms with Gasteiger partial charge >= 0.3 is 0 Å². The molecule has 1 aliphatic heterocycles. The number of aliphatic imine (C=N–C) groups is 1. The van der Waals surface area contributed by atoms with Gasteiger partial charge in [-0.1, -0.05) is 76.6 Å². The van der Waals surface area contributed by atoms with E-state index in [0.29, 0.717) is 44.1 Å². The van der Waals surface area contributed by atoms with Crippen LogP contribution in [0.5, 0.6) is 11.5 Å². The first-order chi connectivity index (χ1) is 21.0. The molecule has 4 aromatic carbocycles. The highest BCUT2D eigenvalue weighted by molar-refractivity contribution is 9.10. The van der Waals surface area contributed by atoms with E-state index < -0.39 is 11.6 Å². The molecule has 2 N–H and O–H groups in total. The fourth-order valence-corrected chi connectivity index (χ4v) is 5.61. The minimum absolute atomic E-state index is 0.0742. The number of halogens is 1. The number of nitrogens with zero attached hydrogens (tertiary/aromatic N) is 1. The number of methoxy groups -OCH3 is 1. The van der Waals surface area contributed by atoms with Crippen molar-refractivity contribution in [3.05, 3.63) is 130 Å². The molecule has 1 heterocycles. The predicted molar refractivity (Wildman–Crippen MR) is 171 cm³/mol. The maximum atomic E-state index is 14.4. The molecule has 0 spiro atoms. The molecule has 0 bridgehead atoms. The van der Waals surface area contributed by atoms with E-state index in [1.807, 2.05) is 103 Å². The van der Waals surface area contributed by atoms with E-state index in [0.717, 1.165) is 32.5 Å². The Bertz CT molecular complexity index is 1530. The van der Waals surface area contributed by atoms with Gasteiger partial charge in [0.05, 0.1) is 13.7 Å². The molecule has 1 aliphatic rings. The second-order valence-corrected chi connectivity index (χ2v) is 11.2. The summed E-state index contributed by atoms with van der Waals surface area (Å²) in [7, 11) is 1.64. The standard InChI is InChI=1S/C35H35BrN2O5/c1-41-28-16-12-25(13-17-28)20-21-37-34(40)35(24-26-8-3-2-4-9-26)32(30-10-5-6-11-31(30)36)43-33(38-35)27-14-18-29(19-15-27)42-23-7-22-39/h2-6,8-19,32,39H,7,20-24H2,1H3,(H,37,40)/t32-,35-/m1/s1. The fraction of sp³-hybridized carbons (Fsp3) is 0.257. The Morgan fingerprint density at radius 2 is 1.63 bits per heavy atom. The smallest absolute Gasteiger partial charge is 0.252 e. The van der Waals surface area contributed by atoms with Crippen LogP contribution in [-0.2, 0) is 22.4 Å². The first-order valence-corrected chi connectivity index (χ1v) is 15.1. The Morgan fingerprint density at radius 3 is 2.33 bits per heavy atom. The topological polar surface area (TPSA) is 89.4 Å². The van der Waals surface area contributed by atoms with Gasteiger partial charge in [0.1, 0.15) is 11.5 Å². The maximum absolute atomic E-state index is 14.4. The Hall–Kier alpha value is -4.14. The number of benzene rings is 4. The summed E-state index contributed by atoms with van der Waals surface area (Å²) in [5.41, 5.74) is 2.38. The zero-order valence-electron chi connectivity index (χ0n) is 24.0. The highest BCUT2D eigenvalue weighted by atomic mass is 79.9. The van der Waals surface area contributed by atoms with Crippen LogP contribution in [0.2, 0.25) is 0 Å². The Kier molecular flexibility index (Phi) is 10.1. The summed E-state index contributed by atoms with van der Waals surface area (Å²) in [5.74, 6) is 1.67. The minimum atomic E-state index is -1.27. The van der Waals surface area contributed by atoms with Crippen molar-refractivity contribution < 1.29 is 24.1 Å². The highest BCUT2D eigenvalue weighted by Crippen LogP contribution is 2.44. The second kappa shape index (κ2) is 14.4. The molecule has 43 heavy (non-hydrogen) atoms. The number of carbonyl (C=O) groups is 1. The summed E-state index contributed by atoms with van der Waals surface area (Å²) in [6, 6.07) is 33.0. The van der Waals surface area contributed by atoms with Gasteiger partial charge in [0.15, 0.2) is 11.6 Å². The van der Waals surface area contributed by atoms with Crippen LogP contribution in [0.1, 0.15) is 34.8 Å². The lowest BCUT2D eigenvalue weighted by atomic mass is 9.82. The number of aliphatic hydroxyl groups excluding tert-OH is 1. The SMILES string of the molecule is COc1ccc(CCNC(=O)[C@]2(Cc3ccccc3)N=C(c3ccc(OCCCO)cc3)O[C@@H]2c2ccccc2Br)cc1. The largest absolute Gasteiger partial charge is 0.497 e. The maximum Gasteiger partial charge on any atom is 0.252 e. The normalized spacial score (nSPS) is 17.6. The molecular formula is C35H35BrN2O5. The van der Waals surface area contributed by atoms with Crippen LogP contribution in [0.3, 0.4) is 0 Å². The van der Waals surface area contributed by atoms with Crippen molar-refractivity contribution in [2.24, 2.45) is 4.99 Å². The van der Waals surface area contributed by atoms with Gasteiger partial charge < -0.3 is 24.6 Å². The fourth-order valence-electron chi connectivity index (χ4n) is 5.12. The van der Waals surface area contributed by atoms with Crippen LogP contribution < -0.4 is 14.8 Å². The van der Waals surface area contributed by atoms with Crippen molar-refractivity contribution in [2.45, 2.75) is 30.9 Å². The zero-order chi connectivity index (χ0) is 30.1. The molecule has 7 nitrogen and oxygen atoms in total. The van der Waals surface area contributed by atoms with Crippen LogP contribution in [0.25, 0.3) is 0 Å². The second-order valence-electron chi connectivity index (χ2n) is 10.3. The molecule has 0 fully saturated rings. The number of nitrogens with one attached hydrogen (secondary N) is 1. The van der Waals surface area contributed by atoms with Gasteiger partial charge in [0.25, 0.3) is 5.91 Å². The molecule has 0 aliphatic carbocycles. The first-order valence-electron chi connectivity index (χ1n) is 14.3. The summed E-state index contributed by atoms with van der Waals surface area (Å²) >= 11 is 3.70. The lowest BCUT2D eigenvalue weighted by Crippen LogP contribution is -2.50. The molecule has 5 rings (SSSR count). The van der Waals surface area contributed by atoms with Gasteiger partial charge in [-0.05, 0) is 60.0 Å². The number of aliphatic hydroxyl groups is 1. The summed E-state index contributed by atoms with van der Waals surface area (Å²) in [4.78, 5) is 19.5. The number of rotatable bonds is 13. The molecule has 2 atom stereocenters. The van der Waals surface area contributed by atoms with Gasteiger partial charge in [-0.3, -0.25) is 4.79 Å². The Morgan fingerprint density at radius 1 is 0.930 bits per heavy atom. The van der Waals surface area contributed by atoms with Crippen molar-refractivity contribution in [2.75, 3.05) is 26.9 Å². The van der Waals surface area contributed by atoms with E-state index in [-0.39, 0.29) is 12.5 Å². The van der Waals surface area contributed by atoms with E-state index in [1.54, 1.807) is 7.11 Å². The number of hydrogen-bond donors (Lipinski definition) is 2. The average molecular weight is 644 g/mol. The molecule has 0 unspecified atom stereocenters. The first kappa shape index (κ1) is 30.3. The number of hydrogen-bond acceptors (Lipinski definition) is 6. The molecule has 1 amide bonds. The van der Waals surface area contributed by atoms with Crippen LogP contribution in [0.4, 0.5) is 0 Å². The molecule has 0 radical (unpaired) electrons. The van der Waals surface area contributed by atoms with E-state index in [2.05, 4.69) is 21.2 Å². The van der Waals surface area contributed by atoms with E-state index >= 15 is 0 Å². The minimum Gasteiger partial charge on any atom is -0.497 e. The monoisotopic (exact) mass is 642 g/mol. The van der Waals surface area contributed by atoms with Crippen LogP contribution >= 0.6 is 15.9 Å². The third-order valence-electron chi connectivity index (χ3n) is 7.39. The summed E-state index contributed by atoms with van der Waals surface area (Å²) in [5, 5.41) is 12.2.